The lowest BCUT2D eigenvalue weighted by Crippen LogP contribution is -2.48. The van der Waals surface area contributed by atoms with Crippen molar-refractivity contribution in [1.29, 1.82) is 0 Å². The first-order valence-electron chi connectivity index (χ1n) is 10.8. The number of rotatable bonds is 7. The van der Waals surface area contributed by atoms with Gasteiger partial charge in [-0.1, -0.05) is 6.07 Å². The van der Waals surface area contributed by atoms with Crippen LogP contribution in [0.2, 0.25) is 0 Å². The highest BCUT2D eigenvalue weighted by molar-refractivity contribution is 7.18. The standard InChI is InChI=1S/C23H27N3O7S/c1-14-19(22(28)30-2)21(34-20(14)23(29)31-3)24-18(27)12-26-8-6-25(7-9-26)11-15-4-5-16-17(10-15)33-13-32-16/h4-5,10H,6-9,11-13H2,1-3H3,(H,24,27). The molecule has 0 aliphatic carbocycles. The van der Waals surface area contributed by atoms with Crippen molar-refractivity contribution < 1.29 is 33.3 Å². The van der Waals surface area contributed by atoms with Gasteiger partial charge in [0.15, 0.2) is 11.5 Å². The molecular weight excluding hydrogens is 462 g/mol. The van der Waals surface area contributed by atoms with Crippen LogP contribution in [-0.4, -0.2) is 81.4 Å². The molecule has 11 heteroatoms. The molecule has 0 unspecified atom stereocenters. The van der Waals surface area contributed by atoms with Crippen LogP contribution < -0.4 is 14.8 Å². The number of methoxy groups -OCH3 is 2. The second-order valence-electron chi connectivity index (χ2n) is 8.03. The van der Waals surface area contributed by atoms with Crippen molar-refractivity contribution in [3.63, 3.8) is 0 Å². The van der Waals surface area contributed by atoms with Gasteiger partial charge in [-0.25, -0.2) is 9.59 Å². The minimum Gasteiger partial charge on any atom is -0.465 e. The molecule has 1 amide bonds. The van der Waals surface area contributed by atoms with E-state index in [0.29, 0.717) is 5.56 Å². The van der Waals surface area contributed by atoms with Gasteiger partial charge in [-0.2, -0.15) is 0 Å². The summed E-state index contributed by atoms with van der Waals surface area (Å²) in [5.74, 6) is 0.114. The second-order valence-corrected chi connectivity index (χ2v) is 9.05. The van der Waals surface area contributed by atoms with Crippen LogP contribution in [0.4, 0.5) is 5.00 Å². The molecule has 1 N–H and O–H groups in total. The highest BCUT2D eigenvalue weighted by Crippen LogP contribution is 2.34. The Kier molecular flexibility index (Phi) is 7.35. The molecule has 0 atom stereocenters. The number of thiophene rings is 1. The van der Waals surface area contributed by atoms with Gasteiger partial charge in [0.1, 0.15) is 9.88 Å². The summed E-state index contributed by atoms with van der Waals surface area (Å²) in [7, 11) is 2.52. The first kappa shape index (κ1) is 24.0. The van der Waals surface area contributed by atoms with E-state index in [-0.39, 0.29) is 34.7 Å². The zero-order valence-electron chi connectivity index (χ0n) is 19.3. The van der Waals surface area contributed by atoms with Crippen LogP contribution >= 0.6 is 11.3 Å². The second kappa shape index (κ2) is 10.4. The fraction of sp³-hybridized carbons (Fsp3) is 0.435. The molecule has 0 spiro atoms. The van der Waals surface area contributed by atoms with E-state index in [1.54, 1.807) is 6.92 Å². The Bertz CT molecular complexity index is 1090. The Morgan fingerprint density at radius 3 is 2.38 bits per heavy atom. The maximum absolute atomic E-state index is 12.7. The number of nitrogens with one attached hydrogen (secondary N) is 1. The number of benzene rings is 1. The highest BCUT2D eigenvalue weighted by atomic mass is 32.1. The summed E-state index contributed by atoms with van der Waals surface area (Å²) >= 11 is 1.01. The average Bonchev–Trinajstić information content (AvgIpc) is 3.43. The fourth-order valence-corrected chi connectivity index (χ4v) is 5.14. The van der Waals surface area contributed by atoms with E-state index in [4.69, 9.17) is 18.9 Å². The van der Waals surface area contributed by atoms with Crippen molar-refractivity contribution in [2.24, 2.45) is 0 Å². The Balaban J connectivity index is 1.32. The zero-order chi connectivity index (χ0) is 24.2. The van der Waals surface area contributed by atoms with E-state index in [9.17, 15) is 14.4 Å². The minimum atomic E-state index is -0.615. The Morgan fingerprint density at radius 2 is 1.68 bits per heavy atom. The van der Waals surface area contributed by atoms with Gasteiger partial charge in [-0.15, -0.1) is 11.3 Å². The lowest BCUT2D eigenvalue weighted by atomic mass is 10.1. The number of fused-ring (bicyclic) bond motifs is 1. The summed E-state index contributed by atoms with van der Waals surface area (Å²) in [5.41, 5.74) is 1.76. The van der Waals surface area contributed by atoms with Crippen LogP contribution in [0, 0.1) is 6.92 Å². The number of esters is 2. The van der Waals surface area contributed by atoms with Crippen molar-refractivity contribution in [2.75, 3.05) is 59.1 Å². The molecule has 1 aromatic carbocycles. The lowest BCUT2D eigenvalue weighted by Gasteiger charge is -2.34. The molecule has 2 aromatic rings. The fourth-order valence-electron chi connectivity index (χ4n) is 4.01. The maximum Gasteiger partial charge on any atom is 0.348 e. The molecule has 0 bridgehead atoms. The van der Waals surface area contributed by atoms with Gasteiger partial charge < -0.3 is 24.3 Å². The lowest BCUT2D eigenvalue weighted by molar-refractivity contribution is -0.117. The van der Waals surface area contributed by atoms with E-state index in [1.165, 1.54) is 14.2 Å². The van der Waals surface area contributed by atoms with Crippen molar-refractivity contribution >= 4 is 34.2 Å². The van der Waals surface area contributed by atoms with Gasteiger partial charge in [0.25, 0.3) is 0 Å². The number of hydrogen-bond acceptors (Lipinski definition) is 10. The molecule has 1 fully saturated rings. The SMILES string of the molecule is COC(=O)c1sc(NC(=O)CN2CCN(Cc3ccc4c(c3)OCO4)CC2)c(C(=O)OC)c1C. The number of carbonyl (C=O) groups is 3. The van der Waals surface area contributed by atoms with Gasteiger partial charge in [0.05, 0.1) is 26.3 Å². The molecule has 1 aromatic heterocycles. The Hall–Kier alpha value is -3.15. The van der Waals surface area contributed by atoms with Crippen LogP contribution in [0.5, 0.6) is 11.5 Å². The summed E-state index contributed by atoms with van der Waals surface area (Å²) in [4.78, 5) is 41.7. The third kappa shape index (κ3) is 5.16. The van der Waals surface area contributed by atoms with Crippen LogP contribution in [0.3, 0.4) is 0 Å². The van der Waals surface area contributed by atoms with Crippen molar-refractivity contribution in [1.82, 2.24) is 9.80 Å². The average molecular weight is 490 g/mol. The molecular formula is C23H27N3O7S. The molecule has 1 saturated heterocycles. The van der Waals surface area contributed by atoms with Gasteiger partial charge in [0, 0.05) is 32.7 Å². The first-order chi connectivity index (χ1) is 16.4. The monoisotopic (exact) mass is 489 g/mol. The number of hydrogen-bond donors (Lipinski definition) is 1. The molecule has 34 heavy (non-hydrogen) atoms. The number of anilines is 1. The Labute approximate surface area is 201 Å². The van der Waals surface area contributed by atoms with Crippen molar-refractivity contribution in [3.8, 4) is 11.5 Å². The van der Waals surface area contributed by atoms with E-state index in [0.717, 1.165) is 61.1 Å². The smallest absolute Gasteiger partial charge is 0.348 e. The van der Waals surface area contributed by atoms with E-state index in [2.05, 4.69) is 15.1 Å². The summed E-state index contributed by atoms with van der Waals surface area (Å²) in [6.07, 6.45) is 0. The zero-order valence-corrected chi connectivity index (χ0v) is 20.2. The predicted molar refractivity (Wildman–Crippen MR) is 125 cm³/mol. The highest BCUT2D eigenvalue weighted by Gasteiger charge is 2.27. The number of piperazine rings is 1. The number of carbonyl (C=O) groups excluding carboxylic acids is 3. The molecule has 4 rings (SSSR count). The number of amides is 1. The molecule has 0 radical (unpaired) electrons. The number of ether oxygens (including phenoxy) is 4. The van der Waals surface area contributed by atoms with Gasteiger partial charge in [-0.05, 0) is 30.2 Å². The molecule has 182 valence electrons. The molecule has 10 nitrogen and oxygen atoms in total. The largest absolute Gasteiger partial charge is 0.465 e. The van der Waals surface area contributed by atoms with Crippen molar-refractivity contribution in [3.05, 3.63) is 39.8 Å². The van der Waals surface area contributed by atoms with Crippen LogP contribution in [0.25, 0.3) is 0 Å². The van der Waals surface area contributed by atoms with Crippen molar-refractivity contribution in [2.45, 2.75) is 13.5 Å². The number of nitrogens with zero attached hydrogens (tertiary/aromatic N) is 2. The maximum atomic E-state index is 12.7. The minimum absolute atomic E-state index is 0.176. The Morgan fingerprint density at radius 1 is 1.00 bits per heavy atom. The first-order valence-corrected chi connectivity index (χ1v) is 11.6. The summed E-state index contributed by atoms with van der Waals surface area (Å²) in [6, 6.07) is 5.98. The normalized spacial score (nSPS) is 15.7. The van der Waals surface area contributed by atoms with Gasteiger partial charge in [-0.3, -0.25) is 14.6 Å². The third-order valence-corrected chi connectivity index (χ3v) is 7.02. The van der Waals surface area contributed by atoms with E-state index < -0.39 is 11.9 Å². The topological polar surface area (TPSA) is 107 Å². The van der Waals surface area contributed by atoms with E-state index >= 15 is 0 Å². The van der Waals surface area contributed by atoms with Crippen LogP contribution in [-0.2, 0) is 20.8 Å². The quantitative estimate of drug-likeness (QED) is 0.585. The van der Waals surface area contributed by atoms with Crippen LogP contribution in [0.15, 0.2) is 18.2 Å². The molecule has 3 heterocycles. The summed E-state index contributed by atoms with van der Waals surface area (Å²) in [5, 5.41) is 3.07. The van der Waals surface area contributed by atoms with Gasteiger partial charge in [0.2, 0.25) is 12.7 Å². The molecule has 2 aliphatic heterocycles. The molecule has 0 saturated carbocycles. The van der Waals surface area contributed by atoms with Crippen LogP contribution in [0.1, 0.15) is 31.2 Å². The predicted octanol–water partition coefficient (Wildman–Crippen LogP) is 2.11. The summed E-state index contributed by atoms with van der Waals surface area (Å²) < 4.78 is 20.4. The molecule has 2 aliphatic rings. The summed E-state index contributed by atoms with van der Waals surface area (Å²) in [6.45, 7) is 5.98. The van der Waals surface area contributed by atoms with E-state index in [1.807, 2.05) is 18.2 Å². The van der Waals surface area contributed by atoms with Gasteiger partial charge >= 0.3 is 11.9 Å². The third-order valence-electron chi connectivity index (χ3n) is 5.84.